The largest absolute Gasteiger partial charge is 0.375 e. The van der Waals surface area contributed by atoms with Gasteiger partial charge >= 0.3 is 16.2 Å². The molecule has 0 aliphatic carbocycles. The number of urea groups is 1. The highest BCUT2D eigenvalue weighted by Gasteiger charge is 2.26. The van der Waals surface area contributed by atoms with Crippen molar-refractivity contribution in [3.63, 3.8) is 0 Å². The molecule has 0 spiro atoms. The first-order valence-corrected chi connectivity index (χ1v) is 5.57. The SMILES string of the molecule is NC(=O)NN(OC(N)=S)S(=O)(=O)NC(N)=S. The van der Waals surface area contributed by atoms with Crippen LogP contribution >= 0.6 is 24.4 Å². The third kappa shape index (κ3) is 5.44. The van der Waals surface area contributed by atoms with Gasteiger partial charge in [0.15, 0.2) is 5.11 Å². The van der Waals surface area contributed by atoms with E-state index in [1.165, 1.54) is 0 Å². The summed E-state index contributed by atoms with van der Waals surface area (Å²) in [6, 6.07) is -1.23. The molecule has 0 atom stereocenters. The number of nitrogens with two attached hydrogens (primary N) is 3. The Balaban J connectivity index is 4.93. The number of hydrogen-bond donors (Lipinski definition) is 5. The highest BCUT2D eigenvalue weighted by Crippen LogP contribution is 1.95. The van der Waals surface area contributed by atoms with E-state index < -0.39 is 26.5 Å². The molecule has 0 rings (SSSR count). The normalized spacial score (nSPS) is 10.6. The second-order valence-corrected chi connectivity index (χ2v) is 4.41. The smallest absolute Gasteiger partial charge is 0.353 e. The Morgan fingerprint density at radius 3 is 2.06 bits per heavy atom. The lowest BCUT2D eigenvalue weighted by molar-refractivity contribution is -0.0114. The van der Waals surface area contributed by atoms with Gasteiger partial charge < -0.3 is 22.0 Å². The molecule has 0 aromatic heterocycles. The molecule has 0 aromatic carbocycles. The van der Waals surface area contributed by atoms with Gasteiger partial charge in [-0.15, -0.1) is 0 Å². The Morgan fingerprint density at radius 2 is 1.75 bits per heavy atom. The van der Waals surface area contributed by atoms with Gasteiger partial charge in [-0.2, -0.15) is 8.42 Å². The fourth-order valence-corrected chi connectivity index (χ4v) is 1.64. The van der Waals surface area contributed by atoms with Gasteiger partial charge in [-0.1, -0.05) is 0 Å². The molecule has 0 saturated carbocycles. The number of nitrogens with zero attached hydrogens (tertiary/aromatic N) is 1. The summed E-state index contributed by atoms with van der Waals surface area (Å²) in [5.74, 6) is 0. The molecule has 13 heteroatoms. The van der Waals surface area contributed by atoms with E-state index in [1.807, 2.05) is 0 Å². The topological polar surface area (TPSA) is 166 Å². The minimum atomic E-state index is -4.40. The van der Waals surface area contributed by atoms with Crippen LogP contribution in [0.4, 0.5) is 4.79 Å². The van der Waals surface area contributed by atoms with Crippen molar-refractivity contribution in [1.82, 2.24) is 14.7 Å². The molecule has 0 heterocycles. The lowest BCUT2D eigenvalue weighted by atomic mass is 11.2. The van der Waals surface area contributed by atoms with E-state index in [4.69, 9.17) is 11.5 Å². The lowest BCUT2D eigenvalue weighted by Gasteiger charge is -2.19. The van der Waals surface area contributed by atoms with Crippen LogP contribution in [-0.2, 0) is 15.0 Å². The average Bonchev–Trinajstić information content (AvgIpc) is 1.98. The second-order valence-electron chi connectivity index (χ2n) is 2.08. The van der Waals surface area contributed by atoms with E-state index >= 15 is 0 Å². The molecule has 0 unspecified atom stereocenters. The van der Waals surface area contributed by atoms with Crippen LogP contribution in [-0.4, -0.2) is 29.3 Å². The minimum Gasteiger partial charge on any atom is -0.375 e. The molecule has 8 N–H and O–H groups in total. The summed E-state index contributed by atoms with van der Waals surface area (Å²) in [5.41, 5.74) is 16.1. The van der Waals surface area contributed by atoms with Crippen molar-refractivity contribution < 1.29 is 18.0 Å². The Kier molecular flexibility index (Phi) is 5.09. The van der Waals surface area contributed by atoms with Crippen LogP contribution in [0.5, 0.6) is 0 Å². The molecule has 0 radical (unpaired) electrons. The van der Waals surface area contributed by atoms with Gasteiger partial charge in [0.2, 0.25) is 0 Å². The van der Waals surface area contributed by atoms with Crippen LogP contribution in [0.25, 0.3) is 0 Å². The van der Waals surface area contributed by atoms with Crippen molar-refractivity contribution in [2.24, 2.45) is 17.2 Å². The monoisotopic (exact) mass is 288 g/mol. The summed E-state index contributed by atoms with van der Waals surface area (Å²) in [4.78, 5) is 14.8. The third-order valence-electron chi connectivity index (χ3n) is 0.822. The van der Waals surface area contributed by atoms with Crippen LogP contribution in [0, 0.1) is 0 Å². The van der Waals surface area contributed by atoms with Gasteiger partial charge in [0, 0.05) is 0 Å². The Hall–Kier alpha value is -1.44. The molecule has 10 nitrogen and oxygen atoms in total. The third-order valence-corrected chi connectivity index (χ3v) is 2.21. The van der Waals surface area contributed by atoms with Crippen molar-refractivity contribution in [1.29, 1.82) is 0 Å². The fraction of sp³-hybridized carbons (Fsp3) is 0. The molecule has 0 fully saturated rings. The van der Waals surface area contributed by atoms with E-state index in [-0.39, 0.29) is 4.58 Å². The van der Waals surface area contributed by atoms with E-state index in [0.717, 1.165) is 0 Å². The highest BCUT2D eigenvalue weighted by atomic mass is 32.2. The first-order chi connectivity index (χ1) is 7.15. The number of primary amides is 1. The fourth-order valence-electron chi connectivity index (χ4n) is 0.472. The number of carbonyl (C=O) groups is 1. The summed E-state index contributed by atoms with van der Waals surface area (Å²) < 4.78 is 24.2. The summed E-state index contributed by atoms with van der Waals surface area (Å²) in [7, 11) is -4.40. The molecule has 0 saturated heterocycles. The first kappa shape index (κ1) is 14.6. The predicted molar refractivity (Wildman–Crippen MR) is 61.3 cm³/mol. The number of nitrogens with one attached hydrogen (secondary N) is 2. The van der Waals surface area contributed by atoms with Crippen LogP contribution in [0.1, 0.15) is 0 Å². The molecule has 16 heavy (non-hydrogen) atoms. The van der Waals surface area contributed by atoms with E-state index in [0.29, 0.717) is 0 Å². The standard InChI is InChI=1S/C3H8N6O4S3/c4-1(10)7-9(13-3(6)15)16(11,12)8-2(5)14/h(H2,6,15)(H3,4,7,10)(H3,5,8,14). The summed E-state index contributed by atoms with van der Waals surface area (Å²) in [6.45, 7) is 0. The molecule has 2 amide bonds. The van der Waals surface area contributed by atoms with Crippen molar-refractivity contribution >= 4 is 51.0 Å². The summed E-state index contributed by atoms with van der Waals surface area (Å²) in [5, 5.41) is -1.26. The van der Waals surface area contributed by atoms with E-state index in [1.54, 1.807) is 10.1 Å². The molecule has 92 valence electrons. The molecule has 0 aliphatic heterocycles. The van der Waals surface area contributed by atoms with Gasteiger partial charge in [-0.05, 0) is 24.4 Å². The van der Waals surface area contributed by atoms with Crippen molar-refractivity contribution in [2.75, 3.05) is 0 Å². The molecular formula is C3H8N6O4S3. The maximum absolute atomic E-state index is 11.3. The van der Waals surface area contributed by atoms with Crippen LogP contribution in [0.2, 0.25) is 0 Å². The van der Waals surface area contributed by atoms with Gasteiger partial charge in [-0.3, -0.25) is 0 Å². The van der Waals surface area contributed by atoms with E-state index in [2.05, 4.69) is 35.0 Å². The maximum atomic E-state index is 11.3. The second kappa shape index (κ2) is 5.59. The van der Waals surface area contributed by atoms with Crippen molar-refractivity contribution in [2.45, 2.75) is 0 Å². The zero-order chi connectivity index (χ0) is 12.9. The van der Waals surface area contributed by atoms with Crippen molar-refractivity contribution in [3.8, 4) is 0 Å². The Morgan fingerprint density at radius 1 is 1.25 bits per heavy atom. The Bertz CT molecular complexity index is 389. The molecule has 0 aliphatic rings. The van der Waals surface area contributed by atoms with Gasteiger partial charge in [0.1, 0.15) is 0 Å². The number of thiocarbonyl (C=S) groups is 2. The number of carbonyl (C=O) groups excluding carboxylic acids is 1. The minimum absolute atomic E-state index is 0.114. The van der Waals surface area contributed by atoms with Gasteiger partial charge in [0.25, 0.3) is 5.17 Å². The number of rotatable bonds is 4. The maximum Gasteiger partial charge on any atom is 0.353 e. The van der Waals surface area contributed by atoms with Crippen LogP contribution in [0.3, 0.4) is 0 Å². The summed E-state index contributed by atoms with van der Waals surface area (Å²) >= 11 is 8.56. The number of amides is 2. The average molecular weight is 288 g/mol. The molecule has 0 bridgehead atoms. The quantitative estimate of drug-likeness (QED) is 0.272. The van der Waals surface area contributed by atoms with E-state index in [9.17, 15) is 13.2 Å². The molecular weight excluding hydrogens is 280 g/mol. The lowest BCUT2D eigenvalue weighted by Crippen LogP contribution is -2.55. The number of hydrazine groups is 1. The summed E-state index contributed by atoms with van der Waals surface area (Å²) in [6.07, 6.45) is 0. The predicted octanol–water partition coefficient (Wildman–Crippen LogP) is -2.88. The van der Waals surface area contributed by atoms with Crippen LogP contribution in [0.15, 0.2) is 0 Å². The van der Waals surface area contributed by atoms with Crippen molar-refractivity contribution in [3.05, 3.63) is 0 Å². The zero-order valence-corrected chi connectivity index (χ0v) is 9.99. The van der Waals surface area contributed by atoms with Crippen LogP contribution < -0.4 is 27.3 Å². The highest BCUT2D eigenvalue weighted by molar-refractivity contribution is 7.89. The Labute approximate surface area is 101 Å². The van der Waals surface area contributed by atoms with Gasteiger partial charge in [0.05, 0.1) is 4.58 Å². The molecule has 0 aromatic rings. The van der Waals surface area contributed by atoms with Gasteiger partial charge in [-0.25, -0.2) is 14.9 Å². The zero-order valence-electron chi connectivity index (χ0n) is 7.54. The first-order valence-electron chi connectivity index (χ1n) is 3.31. The number of hydrogen-bond acceptors (Lipinski definition) is 6.